The average Bonchev–Trinajstić information content (AvgIpc) is 2.14. The zero-order valence-electron chi connectivity index (χ0n) is 6.39. The van der Waals surface area contributed by atoms with E-state index >= 15 is 0 Å². The van der Waals surface area contributed by atoms with Crippen molar-refractivity contribution in [1.29, 1.82) is 0 Å². The first-order valence-corrected chi connectivity index (χ1v) is 3.39. The van der Waals surface area contributed by atoms with Crippen molar-refractivity contribution in [2.24, 2.45) is 5.92 Å². The van der Waals surface area contributed by atoms with Crippen LogP contribution in [0, 0.1) is 5.92 Å². The van der Waals surface area contributed by atoms with Gasteiger partial charge >= 0.3 is 5.97 Å². The van der Waals surface area contributed by atoms with E-state index in [1.165, 1.54) is 0 Å². The van der Waals surface area contributed by atoms with Crippen LogP contribution in [0.5, 0.6) is 0 Å². The van der Waals surface area contributed by atoms with Gasteiger partial charge in [0, 0.05) is 6.42 Å². The van der Waals surface area contributed by atoms with E-state index < -0.39 is 0 Å². The van der Waals surface area contributed by atoms with Crippen LogP contribution in [-0.2, 0) is 9.53 Å². The molecule has 0 bridgehead atoms. The maximum atomic E-state index is 10.5. The Morgan fingerprint density at radius 1 is 1.60 bits per heavy atom. The molecule has 1 aliphatic heterocycles. The number of carbonyl (C=O) groups is 1. The standard InChI is InChI=1S/C7H12O2.H2S/c1-5(2)6-3-4-7(8)9-6;/h5-6H,3-4H2,1-2H3;1H2. The maximum absolute atomic E-state index is 10.5. The molecule has 1 unspecified atom stereocenters. The molecule has 0 radical (unpaired) electrons. The van der Waals surface area contributed by atoms with Crippen molar-refractivity contribution in [2.45, 2.75) is 32.8 Å². The molecular weight excluding hydrogens is 148 g/mol. The molecule has 1 rings (SSSR count). The molecule has 1 aliphatic rings. The molecule has 0 spiro atoms. The van der Waals surface area contributed by atoms with Crippen molar-refractivity contribution in [2.75, 3.05) is 0 Å². The first-order valence-electron chi connectivity index (χ1n) is 3.39. The van der Waals surface area contributed by atoms with E-state index in [0.717, 1.165) is 6.42 Å². The molecule has 0 amide bonds. The summed E-state index contributed by atoms with van der Waals surface area (Å²) >= 11 is 0. The fourth-order valence-corrected chi connectivity index (χ4v) is 1.02. The second kappa shape index (κ2) is 3.86. The fourth-order valence-electron chi connectivity index (χ4n) is 1.02. The number of ether oxygens (including phenoxy) is 1. The molecule has 0 aromatic heterocycles. The summed E-state index contributed by atoms with van der Waals surface area (Å²) in [5.41, 5.74) is 0. The first-order chi connectivity index (χ1) is 4.20. The van der Waals surface area contributed by atoms with Crippen LogP contribution in [0.4, 0.5) is 0 Å². The first kappa shape index (κ1) is 9.82. The topological polar surface area (TPSA) is 26.3 Å². The predicted octanol–water partition coefficient (Wildman–Crippen LogP) is 1.46. The van der Waals surface area contributed by atoms with E-state index in [2.05, 4.69) is 13.8 Å². The Labute approximate surface area is 68.4 Å². The van der Waals surface area contributed by atoms with E-state index in [0.29, 0.717) is 12.3 Å². The second-order valence-electron chi connectivity index (χ2n) is 2.81. The molecule has 3 heteroatoms. The molecule has 1 fully saturated rings. The highest BCUT2D eigenvalue weighted by molar-refractivity contribution is 7.59. The molecule has 60 valence electrons. The normalized spacial score (nSPS) is 24.3. The molecule has 1 saturated heterocycles. The zero-order chi connectivity index (χ0) is 6.85. The number of rotatable bonds is 1. The molecule has 0 aromatic rings. The summed E-state index contributed by atoms with van der Waals surface area (Å²) in [6, 6.07) is 0. The predicted molar refractivity (Wildman–Crippen MR) is 44.3 cm³/mol. The van der Waals surface area contributed by atoms with Crippen molar-refractivity contribution in [3.05, 3.63) is 0 Å². The second-order valence-corrected chi connectivity index (χ2v) is 2.81. The average molecular weight is 162 g/mol. The Hall–Kier alpha value is -0.180. The summed E-state index contributed by atoms with van der Waals surface area (Å²) in [6.45, 7) is 4.15. The Bertz CT molecular complexity index is 123. The van der Waals surface area contributed by atoms with E-state index in [1.54, 1.807) is 0 Å². The molecule has 10 heavy (non-hydrogen) atoms. The van der Waals surface area contributed by atoms with Crippen LogP contribution in [0.15, 0.2) is 0 Å². The highest BCUT2D eigenvalue weighted by atomic mass is 32.1. The van der Waals surface area contributed by atoms with Crippen LogP contribution in [-0.4, -0.2) is 12.1 Å². The maximum Gasteiger partial charge on any atom is 0.306 e. The summed E-state index contributed by atoms with van der Waals surface area (Å²) in [6.07, 6.45) is 1.72. The summed E-state index contributed by atoms with van der Waals surface area (Å²) in [5, 5.41) is 0. The third kappa shape index (κ3) is 2.21. The number of hydrogen-bond acceptors (Lipinski definition) is 2. The van der Waals surface area contributed by atoms with Crippen LogP contribution in [0.3, 0.4) is 0 Å². The number of hydrogen-bond donors (Lipinski definition) is 0. The van der Waals surface area contributed by atoms with Crippen molar-refractivity contribution in [3.8, 4) is 0 Å². The van der Waals surface area contributed by atoms with Gasteiger partial charge in [0.25, 0.3) is 0 Å². The summed E-state index contributed by atoms with van der Waals surface area (Å²) in [5.74, 6) is 0.449. The lowest BCUT2D eigenvalue weighted by Crippen LogP contribution is -2.13. The Morgan fingerprint density at radius 2 is 2.20 bits per heavy atom. The van der Waals surface area contributed by atoms with Gasteiger partial charge in [0.05, 0.1) is 0 Å². The van der Waals surface area contributed by atoms with Gasteiger partial charge in [-0.15, -0.1) is 0 Å². The Kier molecular flexibility index (Phi) is 3.79. The lowest BCUT2D eigenvalue weighted by molar-refractivity contribution is -0.142. The fraction of sp³-hybridized carbons (Fsp3) is 0.857. The smallest absolute Gasteiger partial charge is 0.306 e. The van der Waals surface area contributed by atoms with Gasteiger partial charge in [-0.3, -0.25) is 4.79 Å². The zero-order valence-corrected chi connectivity index (χ0v) is 7.39. The van der Waals surface area contributed by atoms with E-state index in [1.807, 2.05) is 0 Å². The highest BCUT2D eigenvalue weighted by Crippen LogP contribution is 2.20. The van der Waals surface area contributed by atoms with Gasteiger partial charge in [-0.2, -0.15) is 13.5 Å². The van der Waals surface area contributed by atoms with Crippen molar-refractivity contribution >= 4 is 19.5 Å². The molecule has 0 N–H and O–H groups in total. The lowest BCUT2D eigenvalue weighted by Gasteiger charge is -2.11. The minimum absolute atomic E-state index is 0. The van der Waals surface area contributed by atoms with Gasteiger partial charge in [-0.1, -0.05) is 13.8 Å². The van der Waals surface area contributed by atoms with E-state index in [9.17, 15) is 4.79 Å². The molecule has 0 saturated carbocycles. The van der Waals surface area contributed by atoms with Gasteiger partial charge < -0.3 is 4.74 Å². The Morgan fingerprint density at radius 3 is 2.40 bits per heavy atom. The van der Waals surface area contributed by atoms with Gasteiger partial charge in [0.1, 0.15) is 6.10 Å². The monoisotopic (exact) mass is 162 g/mol. The van der Waals surface area contributed by atoms with E-state index in [-0.39, 0.29) is 25.6 Å². The minimum Gasteiger partial charge on any atom is -0.462 e. The SMILES string of the molecule is CC(C)C1CCC(=O)O1.S. The third-order valence-corrected chi connectivity index (χ3v) is 1.66. The molecular formula is C7H14O2S. The summed E-state index contributed by atoms with van der Waals surface area (Å²) in [7, 11) is 0. The third-order valence-electron chi connectivity index (χ3n) is 1.66. The van der Waals surface area contributed by atoms with Crippen LogP contribution in [0.2, 0.25) is 0 Å². The number of esters is 1. The highest BCUT2D eigenvalue weighted by Gasteiger charge is 2.25. The summed E-state index contributed by atoms with van der Waals surface area (Å²) < 4.78 is 4.98. The summed E-state index contributed by atoms with van der Waals surface area (Å²) in [4.78, 5) is 10.5. The molecule has 2 nitrogen and oxygen atoms in total. The van der Waals surface area contributed by atoms with Crippen molar-refractivity contribution in [3.63, 3.8) is 0 Å². The Balaban J connectivity index is 0.000000810. The number of carbonyl (C=O) groups excluding carboxylic acids is 1. The largest absolute Gasteiger partial charge is 0.462 e. The van der Waals surface area contributed by atoms with Gasteiger partial charge in [0.2, 0.25) is 0 Å². The van der Waals surface area contributed by atoms with Gasteiger partial charge in [0.15, 0.2) is 0 Å². The van der Waals surface area contributed by atoms with Gasteiger partial charge in [-0.25, -0.2) is 0 Å². The van der Waals surface area contributed by atoms with Crippen LogP contribution in [0.25, 0.3) is 0 Å². The molecule has 1 atom stereocenters. The minimum atomic E-state index is -0.0336. The molecule has 1 heterocycles. The van der Waals surface area contributed by atoms with Gasteiger partial charge in [-0.05, 0) is 12.3 Å². The van der Waals surface area contributed by atoms with Crippen LogP contribution < -0.4 is 0 Å². The van der Waals surface area contributed by atoms with Crippen molar-refractivity contribution < 1.29 is 9.53 Å². The lowest BCUT2D eigenvalue weighted by atomic mass is 10.1. The van der Waals surface area contributed by atoms with Crippen molar-refractivity contribution in [1.82, 2.24) is 0 Å². The number of cyclic esters (lactones) is 1. The quantitative estimate of drug-likeness (QED) is 0.546. The molecule has 0 aliphatic carbocycles. The van der Waals surface area contributed by atoms with Crippen LogP contribution in [0.1, 0.15) is 26.7 Å². The molecule has 0 aromatic carbocycles. The van der Waals surface area contributed by atoms with Crippen LogP contribution >= 0.6 is 13.5 Å². The van der Waals surface area contributed by atoms with E-state index in [4.69, 9.17) is 4.74 Å².